The molecule has 1 fully saturated rings. The fraction of sp³-hybridized carbons (Fsp3) is 0.280. The lowest BCUT2D eigenvalue weighted by molar-refractivity contribution is 0.0702. The number of aromatic nitrogens is 3. The van der Waals surface area contributed by atoms with Gasteiger partial charge in [-0.2, -0.15) is 0 Å². The fourth-order valence-corrected chi connectivity index (χ4v) is 5.14. The summed E-state index contributed by atoms with van der Waals surface area (Å²) in [6.07, 6.45) is 7.57. The van der Waals surface area contributed by atoms with Crippen molar-refractivity contribution in [1.29, 1.82) is 0 Å². The van der Waals surface area contributed by atoms with Crippen LogP contribution in [-0.4, -0.2) is 38.8 Å². The molecule has 0 bridgehead atoms. The highest BCUT2D eigenvalue weighted by Gasteiger charge is 2.30. The number of halogens is 1. The number of amides is 1. The highest BCUT2D eigenvalue weighted by molar-refractivity contribution is 7.17. The number of pyridine rings is 1. The Morgan fingerprint density at radius 2 is 2.09 bits per heavy atom. The van der Waals surface area contributed by atoms with Crippen molar-refractivity contribution in [2.24, 2.45) is 0 Å². The third-order valence-electron chi connectivity index (χ3n) is 5.82. The summed E-state index contributed by atoms with van der Waals surface area (Å²) in [7, 11) is 0. The third kappa shape index (κ3) is 4.71. The summed E-state index contributed by atoms with van der Waals surface area (Å²) in [5.74, 6) is 1.19. The van der Waals surface area contributed by atoms with E-state index in [1.807, 2.05) is 24.0 Å². The first kappa shape index (κ1) is 21.5. The van der Waals surface area contributed by atoms with E-state index in [-0.39, 0.29) is 17.6 Å². The number of piperidine rings is 1. The van der Waals surface area contributed by atoms with E-state index in [0.717, 1.165) is 40.4 Å². The minimum atomic E-state index is -0.257. The van der Waals surface area contributed by atoms with Crippen molar-refractivity contribution in [2.45, 2.75) is 32.1 Å². The van der Waals surface area contributed by atoms with Crippen LogP contribution in [0.25, 0.3) is 10.6 Å². The van der Waals surface area contributed by atoms with Crippen molar-refractivity contribution in [1.82, 2.24) is 19.9 Å². The van der Waals surface area contributed by atoms with E-state index < -0.39 is 0 Å². The van der Waals surface area contributed by atoms with Crippen LogP contribution in [0, 0.1) is 12.7 Å². The summed E-state index contributed by atoms with van der Waals surface area (Å²) >= 11 is 1.41. The molecule has 8 heteroatoms. The van der Waals surface area contributed by atoms with Crippen LogP contribution in [-0.2, 0) is 6.42 Å². The second-order valence-electron chi connectivity index (χ2n) is 8.23. The summed E-state index contributed by atoms with van der Waals surface area (Å²) < 4.78 is 19.2. The number of hydrogen-bond donors (Lipinski definition) is 0. The van der Waals surface area contributed by atoms with Crippen LogP contribution in [0.3, 0.4) is 0 Å². The number of aryl methyl sites for hydroxylation is 1. The van der Waals surface area contributed by atoms with E-state index in [2.05, 4.69) is 15.0 Å². The summed E-state index contributed by atoms with van der Waals surface area (Å²) in [6.45, 7) is 3.15. The molecule has 1 saturated heterocycles. The fourth-order valence-electron chi connectivity index (χ4n) is 4.11. The van der Waals surface area contributed by atoms with Gasteiger partial charge in [-0.25, -0.2) is 14.4 Å². The number of rotatable bonds is 5. The van der Waals surface area contributed by atoms with Gasteiger partial charge in [-0.3, -0.25) is 9.78 Å². The second-order valence-corrected chi connectivity index (χ2v) is 9.23. The lowest BCUT2D eigenvalue weighted by Gasteiger charge is -2.31. The molecule has 6 nitrogen and oxygen atoms in total. The van der Waals surface area contributed by atoms with Gasteiger partial charge in [0.2, 0.25) is 0 Å². The Balaban J connectivity index is 1.28. The number of nitrogens with zero attached hydrogens (tertiary/aromatic N) is 4. The van der Waals surface area contributed by atoms with Crippen LogP contribution in [0.1, 0.15) is 51.3 Å². The monoisotopic (exact) mass is 462 g/mol. The van der Waals surface area contributed by atoms with E-state index >= 15 is 0 Å². The largest absolute Gasteiger partial charge is 0.445 e. The van der Waals surface area contributed by atoms with Crippen molar-refractivity contribution < 1.29 is 13.6 Å². The Kier molecular flexibility index (Phi) is 6.00. The topological polar surface area (TPSA) is 72.1 Å². The van der Waals surface area contributed by atoms with E-state index in [1.165, 1.54) is 23.5 Å². The molecule has 4 aromatic rings. The molecule has 1 amide bonds. The van der Waals surface area contributed by atoms with Crippen molar-refractivity contribution in [3.05, 3.63) is 88.6 Å². The first-order valence-corrected chi connectivity index (χ1v) is 11.7. The van der Waals surface area contributed by atoms with Crippen LogP contribution in [0.5, 0.6) is 0 Å². The van der Waals surface area contributed by atoms with Gasteiger partial charge in [0.1, 0.15) is 21.5 Å². The van der Waals surface area contributed by atoms with Gasteiger partial charge in [0.15, 0.2) is 5.89 Å². The van der Waals surface area contributed by atoms with Gasteiger partial charge in [0, 0.05) is 37.5 Å². The minimum Gasteiger partial charge on any atom is -0.445 e. The number of thiazole rings is 1. The molecule has 0 saturated carbocycles. The van der Waals surface area contributed by atoms with Gasteiger partial charge in [-0.05, 0) is 49.6 Å². The van der Waals surface area contributed by atoms with E-state index in [4.69, 9.17) is 4.42 Å². The maximum absolute atomic E-state index is 13.3. The molecule has 0 N–H and O–H groups in total. The zero-order chi connectivity index (χ0) is 22.8. The number of hydrogen-bond acceptors (Lipinski definition) is 6. The zero-order valence-corrected chi connectivity index (χ0v) is 19.0. The van der Waals surface area contributed by atoms with Gasteiger partial charge in [0.25, 0.3) is 5.91 Å². The standard InChI is InChI=1S/C25H23FN4O2S/c1-16-22(33-24(29-16)18-4-2-10-27-13-18)25(31)30-11-3-5-19(15-30)23-28-14-21(32-23)12-17-6-8-20(26)9-7-17/h2,4,6-10,13-14,19H,3,5,11-12,15H2,1H3/t19-/m0/s1. The van der Waals surface area contributed by atoms with Crippen molar-refractivity contribution in [2.75, 3.05) is 13.1 Å². The molecular weight excluding hydrogens is 439 g/mol. The number of likely N-dealkylation sites (tertiary alicyclic amines) is 1. The number of carbonyl (C=O) groups excluding carboxylic acids is 1. The van der Waals surface area contributed by atoms with Crippen molar-refractivity contribution in [3.63, 3.8) is 0 Å². The molecule has 1 aliphatic heterocycles. The van der Waals surface area contributed by atoms with Gasteiger partial charge in [0.05, 0.1) is 17.8 Å². The Bertz CT molecular complexity index is 1250. The average Bonchev–Trinajstić information content (AvgIpc) is 3.47. The zero-order valence-electron chi connectivity index (χ0n) is 18.2. The predicted molar refractivity (Wildman–Crippen MR) is 124 cm³/mol. The first-order chi connectivity index (χ1) is 16.1. The molecule has 0 aliphatic carbocycles. The van der Waals surface area contributed by atoms with Crippen LogP contribution in [0.4, 0.5) is 4.39 Å². The molecule has 1 aromatic carbocycles. The van der Waals surface area contributed by atoms with E-state index in [1.54, 1.807) is 30.7 Å². The minimum absolute atomic E-state index is 0.00271. The van der Waals surface area contributed by atoms with Crippen molar-refractivity contribution in [3.8, 4) is 10.6 Å². The molecule has 33 heavy (non-hydrogen) atoms. The summed E-state index contributed by atoms with van der Waals surface area (Å²) in [5, 5.41) is 0.802. The molecule has 3 aromatic heterocycles. The van der Waals surface area contributed by atoms with Crippen LogP contribution < -0.4 is 0 Å². The molecular formula is C25H23FN4O2S. The Labute approximate surface area is 195 Å². The summed E-state index contributed by atoms with van der Waals surface area (Å²) in [5.41, 5.74) is 2.61. The molecule has 4 heterocycles. The third-order valence-corrected chi connectivity index (χ3v) is 7.01. The molecule has 1 atom stereocenters. The van der Waals surface area contributed by atoms with Crippen LogP contribution in [0.15, 0.2) is 59.4 Å². The SMILES string of the molecule is Cc1nc(-c2cccnc2)sc1C(=O)N1CCC[C@H](c2ncc(Cc3ccc(F)cc3)o2)C1. The van der Waals surface area contributed by atoms with Gasteiger partial charge < -0.3 is 9.32 Å². The van der Waals surface area contributed by atoms with Crippen LogP contribution in [0.2, 0.25) is 0 Å². The second kappa shape index (κ2) is 9.23. The highest BCUT2D eigenvalue weighted by Crippen LogP contribution is 2.32. The van der Waals surface area contributed by atoms with E-state index in [0.29, 0.717) is 30.3 Å². The number of carbonyl (C=O) groups is 1. The molecule has 0 unspecified atom stereocenters. The first-order valence-electron chi connectivity index (χ1n) is 10.9. The molecule has 0 spiro atoms. The Hall–Kier alpha value is -3.39. The van der Waals surface area contributed by atoms with Gasteiger partial charge >= 0.3 is 0 Å². The predicted octanol–water partition coefficient (Wildman–Crippen LogP) is 5.25. The lowest BCUT2D eigenvalue weighted by Crippen LogP contribution is -2.39. The molecule has 0 radical (unpaired) electrons. The quantitative estimate of drug-likeness (QED) is 0.405. The van der Waals surface area contributed by atoms with Gasteiger partial charge in [-0.15, -0.1) is 11.3 Å². The lowest BCUT2D eigenvalue weighted by atomic mass is 9.98. The van der Waals surface area contributed by atoms with Crippen LogP contribution >= 0.6 is 11.3 Å². The smallest absolute Gasteiger partial charge is 0.265 e. The Morgan fingerprint density at radius 1 is 1.24 bits per heavy atom. The van der Waals surface area contributed by atoms with Crippen molar-refractivity contribution >= 4 is 17.2 Å². The Morgan fingerprint density at radius 3 is 2.88 bits per heavy atom. The average molecular weight is 463 g/mol. The molecule has 168 valence electrons. The normalized spacial score (nSPS) is 16.2. The summed E-state index contributed by atoms with van der Waals surface area (Å²) in [4.78, 5) is 29.1. The van der Waals surface area contributed by atoms with Gasteiger partial charge in [-0.1, -0.05) is 12.1 Å². The maximum Gasteiger partial charge on any atom is 0.265 e. The molecule has 5 rings (SSSR count). The maximum atomic E-state index is 13.3. The number of benzene rings is 1. The summed E-state index contributed by atoms with van der Waals surface area (Å²) in [6, 6.07) is 10.2. The number of oxazole rings is 1. The van der Waals surface area contributed by atoms with E-state index in [9.17, 15) is 9.18 Å². The molecule has 1 aliphatic rings. The highest BCUT2D eigenvalue weighted by atomic mass is 32.1.